The molecule has 0 unspecified atom stereocenters. The van der Waals surface area contributed by atoms with Gasteiger partial charge in [-0.2, -0.15) is 9.78 Å². The van der Waals surface area contributed by atoms with Gasteiger partial charge in [0.25, 0.3) is 0 Å². The standard InChI is InChI=1S/C26H29FN4O6S/c1-15-22(25(33)34)29-31(19-11-8-17(27)9-12-19)24(15)37-20-13-10-18(28-23(32)16-6-5-7-16)14-21(20)38(35,36)30-26(2,3)4/h8-14,16,30H,5-7H2,1-4H3,(H,28,32)(H,33,34). The van der Waals surface area contributed by atoms with E-state index >= 15 is 0 Å². The number of ether oxygens (including phenoxy) is 1. The van der Waals surface area contributed by atoms with Crippen molar-refractivity contribution in [1.82, 2.24) is 14.5 Å². The Morgan fingerprint density at radius 1 is 1.13 bits per heavy atom. The van der Waals surface area contributed by atoms with Gasteiger partial charge in [0.15, 0.2) is 5.69 Å². The van der Waals surface area contributed by atoms with E-state index in [2.05, 4.69) is 15.1 Å². The van der Waals surface area contributed by atoms with Crippen molar-refractivity contribution in [3.8, 4) is 17.3 Å². The van der Waals surface area contributed by atoms with Gasteiger partial charge in [-0.3, -0.25) is 4.79 Å². The van der Waals surface area contributed by atoms with Crippen LogP contribution in [0.25, 0.3) is 5.69 Å². The zero-order valence-electron chi connectivity index (χ0n) is 21.4. The molecule has 1 aromatic heterocycles. The average Bonchev–Trinajstić information content (AvgIpc) is 3.08. The number of amides is 1. The zero-order valence-corrected chi connectivity index (χ0v) is 22.2. The number of nitrogens with zero attached hydrogens (tertiary/aromatic N) is 2. The average molecular weight is 545 g/mol. The van der Waals surface area contributed by atoms with Crippen LogP contribution in [0, 0.1) is 18.7 Å². The Bertz CT molecular complexity index is 1490. The smallest absolute Gasteiger partial charge is 0.356 e. The summed E-state index contributed by atoms with van der Waals surface area (Å²) in [6, 6.07) is 9.32. The highest BCUT2D eigenvalue weighted by Gasteiger charge is 2.30. The van der Waals surface area contributed by atoms with E-state index in [4.69, 9.17) is 4.74 Å². The van der Waals surface area contributed by atoms with Crippen molar-refractivity contribution < 1.29 is 32.2 Å². The number of anilines is 1. The Morgan fingerprint density at radius 3 is 2.34 bits per heavy atom. The van der Waals surface area contributed by atoms with Gasteiger partial charge >= 0.3 is 5.97 Å². The number of aromatic carboxylic acids is 1. The minimum Gasteiger partial charge on any atom is -0.476 e. The van der Waals surface area contributed by atoms with Gasteiger partial charge in [-0.25, -0.2) is 22.3 Å². The third-order valence-corrected chi connectivity index (χ3v) is 7.75. The van der Waals surface area contributed by atoms with Crippen LogP contribution in [0.5, 0.6) is 11.6 Å². The highest BCUT2D eigenvalue weighted by atomic mass is 32.2. The SMILES string of the molecule is Cc1c(C(=O)O)nn(-c2ccc(F)cc2)c1Oc1ccc(NC(=O)C2CCC2)cc1S(=O)(=O)NC(C)(C)C. The number of nitrogens with one attached hydrogen (secondary N) is 2. The summed E-state index contributed by atoms with van der Waals surface area (Å²) in [4.78, 5) is 24.0. The lowest BCUT2D eigenvalue weighted by Gasteiger charge is -2.25. The summed E-state index contributed by atoms with van der Waals surface area (Å²) in [5, 5.41) is 16.5. The van der Waals surface area contributed by atoms with Crippen LogP contribution in [0.4, 0.5) is 10.1 Å². The number of benzene rings is 2. The van der Waals surface area contributed by atoms with Crippen LogP contribution in [-0.4, -0.2) is 40.7 Å². The van der Waals surface area contributed by atoms with E-state index in [1.54, 1.807) is 20.8 Å². The molecule has 10 nitrogen and oxygen atoms in total. The molecule has 202 valence electrons. The van der Waals surface area contributed by atoms with Crippen LogP contribution < -0.4 is 14.8 Å². The van der Waals surface area contributed by atoms with E-state index in [9.17, 15) is 27.5 Å². The largest absolute Gasteiger partial charge is 0.476 e. The summed E-state index contributed by atoms with van der Waals surface area (Å²) >= 11 is 0. The fourth-order valence-electron chi connectivity index (χ4n) is 3.92. The van der Waals surface area contributed by atoms with Gasteiger partial charge in [-0.1, -0.05) is 6.42 Å². The molecule has 38 heavy (non-hydrogen) atoms. The molecule has 1 amide bonds. The lowest BCUT2D eigenvalue weighted by molar-refractivity contribution is -0.122. The maximum atomic E-state index is 13.5. The predicted octanol–water partition coefficient (Wildman–Crippen LogP) is 4.63. The van der Waals surface area contributed by atoms with E-state index in [1.165, 1.54) is 49.4 Å². The molecule has 0 spiro atoms. The molecule has 0 radical (unpaired) electrons. The van der Waals surface area contributed by atoms with Crippen molar-refractivity contribution in [2.24, 2.45) is 5.92 Å². The molecule has 1 aliphatic rings. The number of carboxylic acid groups (broad SMARTS) is 1. The molecule has 3 aromatic rings. The van der Waals surface area contributed by atoms with Crippen molar-refractivity contribution >= 4 is 27.6 Å². The van der Waals surface area contributed by atoms with Crippen LogP contribution in [0.3, 0.4) is 0 Å². The second kappa shape index (κ2) is 10.2. The van der Waals surface area contributed by atoms with Crippen LogP contribution in [0.1, 0.15) is 56.1 Å². The third-order valence-electron chi connectivity index (χ3n) is 5.97. The number of carboxylic acids is 1. The Hall–Kier alpha value is -3.77. The number of aromatic nitrogens is 2. The molecule has 0 aliphatic heterocycles. The minimum atomic E-state index is -4.17. The van der Waals surface area contributed by atoms with Gasteiger partial charge in [0.1, 0.15) is 16.5 Å². The first-order valence-electron chi connectivity index (χ1n) is 12.0. The lowest BCUT2D eigenvalue weighted by Crippen LogP contribution is -2.40. The van der Waals surface area contributed by atoms with Crippen LogP contribution in [0.15, 0.2) is 47.4 Å². The number of carbonyl (C=O) groups is 2. The summed E-state index contributed by atoms with van der Waals surface area (Å²) in [6.07, 6.45) is 2.53. The summed E-state index contributed by atoms with van der Waals surface area (Å²) in [7, 11) is -4.17. The molecule has 2 aromatic carbocycles. The molecule has 1 heterocycles. The number of halogens is 1. The quantitative estimate of drug-likeness (QED) is 0.376. The summed E-state index contributed by atoms with van der Waals surface area (Å²) in [5.74, 6) is -2.29. The van der Waals surface area contributed by atoms with Crippen molar-refractivity contribution in [2.75, 3.05) is 5.32 Å². The lowest BCUT2D eigenvalue weighted by atomic mass is 9.85. The first kappa shape index (κ1) is 27.3. The van der Waals surface area contributed by atoms with Crippen LogP contribution in [-0.2, 0) is 14.8 Å². The molecule has 12 heteroatoms. The second-order valence-corrected chi connectivity index (χ2v) is 11.9. The Kier molecular flexibility index (Phi) is 7.31. The van der Waals surface area contributed by atoms with E-state index in [-0.39, 0.29) is 45.3 Å². The molecule has 4 rings (SSSR count). The molecular formula is C26H29FN4O6S. The fourth-order valence-corrected chi connectivity index (χ4v) is 5.49. The highest BCUT2D eigenvalue weighted by molar-refractivity contribution is 7.89. The van der Waals surface area contributed by atoms with Gasteiger partial charge < -0.3 is 15.2 Å². The number of hydrogen-bond donors (Lipinski definition) is 3. The molecule has 3 N–H and O–H groups in total. The van der Waals surface area contributed by atoms with E-state index in [1.807, 2.05) is 0 Å². The molecule has 0 bridgehead atoms. The van der Waals surface area contributed by atoms with Gasteiger partial charge in [-0.05, 0) is 83.0 Å². The number of sulfonamides is 1. The molecule has 1 fully saturated rings. The Balaban J connectivity index is 1.81. The van der Waals surface area contributed by atoms with Gasteiger partial charge in [-0.15, -0.1) is 0 Å². The van der Waals surface area contributed by atoms with Crippen molar-refractivity contribution in [1.29, 1.82) is 0 Å². The zero-order chi connectivity index (χ0) is 27.8. The topological polar surface area (TPSA) is 140 Å². The second-order valence-electron chi connectivity index (χ2n) is 10.2. The van der Waals surface area contributed by atoms with Gasteiger partial charge in [0.2, 0.25) is 21.8 Å². The highest BCUT2D eigenvalue weighted by Crippen LogP contribution is 2.36. The van der Waals surface area contributed by atoms with Crippen molar-refractivity contribution in [3.63, 3.8) is 0 Å². The van der Waals surface area contributed by atoms with Crippen molar-refractivity contribution in [3.05, 3.63) is 59.5 Å². The predicted molar refractivity (Wildman–Crippen MR) is 138 cm³/mol. The van der Waals surface area contributed by atoms with Gasteiger partial charge in [0, 0.05) is 22.7 Å². The molecule has 1 saturated carbocycles. The number of carbonyl (C=O) groups excluding carboxylic acids is 1. The Labute approximate surface area is 219 Å². The molecule has 1 aliphatic carbocycles. The maximum absolute atomic E-state index is 13.5. The van der Waals surface area contributed by atoms with Gasteiger partial charge in [0.05, 0.1) is 5.69 Å². The van der Waals surface area contributed by atoms with E-state index in [0.29, 0.717) is 5.69 Å². The first-order chi connectivity index (χ1) is 17.7. The summed E-state index contributed by atoms with van der Waals surface area (Å²) < 4.78 is 50.2. The normalized spacial score (nSPS) is 14.1. The van der Waals surface area contributed by atoms with Crippen LogP contribution >= 0.6 is 0 Å². The number of hydrogen-bond acceptors (Lipinski definition) is 6. The van der Waals surface area contributed by atoms with Crippen molar-refractivity contribution in [2.45, 2.75) is 57.4 Å². The minimum absolute atomic E-state index is 0.0625. The fraction of sp³-hybridized carbons (Fsp3) is 0.346. The first-order valence-corrected chi connectivity index (χ1v) is 13.5. The maximum Gasteiger partial charge on any atom is 0.356 e. The monoisotopic (exact) mass is 544 g/mol. The molecule has 0 atom stereocenters. The summed E-state index contributed by atoms with van der Waals surface area (Å²) in [6.45, 7) is 6.52. The third kappa shape index (κ3) is 5.86. The summed E-state index contributed by atoms with van der Waals surface area (Å²) in [5.41, 5.74) is -0.428. The van der Waals surface area contributed by atoms with E-state index in [0.717, 1.165) is 23.9 Å². The molecular weight excluding hydrogens is 515 g/mol. The Morgan fingerprint density at radius 2 is 1.79 bits per heavy atom. The van der Waals surface area contributed by atoms with E-state index < -0.39 is 27.3 Å². The van der Waals surface area contributed by atoms with Crippen LogP contribution in [0.2, 0.25) is 0 Å². The number of rotatable bonds is 8. The molecule has 0 saturated heterocycles.